The molecule has 7 heteroatoms. The molecule has 190 valence electrons. The number of hydrogen-bond acceptors (Lipinski definition) is 5. The molecule has 0 saturated heterocycles. The lowest BCUT2D eigenvalue weighted by Crippen LogP contribution is -2.26. The molecule has 2 heterocycles. The van der Waals surface area contributed by atoms with Crippen LogP contribution in [0.1, 0.15) is 26.7 Å². The summed E-state index contributed by atoms with van der Waals surface area (Å²) in [6, 6.07) is 19.6. The molecule has 0 spiro atoms. The number of para-hydroxylation sites is 1. The number of hydrogen-bond donors (Lipinski definition) is 0. The second kappa shape index (κ2) is 10.6. The van der Waals surface area contributed by atoms with Gasteiger partial charge in [-0.1, -0.05) is 44.2 Å². The van der Waals surface area contributed by atoms with E-state index in [2.05, 4.69) is 30.9 Å². The smallest absolute Gasteiger partial charge is 0.241 e. The number of fused-ring (bicyclic) bond motifs is 4. The largest absolute Gasteiger partial charge is 0.440 e. The fourth-order valence-electron chi connectivity index (χ4n) is 4.85. The van der Waals surface area contributed by atoms with Crippen LogP contribution >= 0.6 is 22.9 Å². The Morgan fingerprint density at radius 2 is 1.62 bits per heavy atom. The molecule has 5 aromatic rings. The highest BCUT2D eigenvalue weighted by Crippen LogP contribution is 2.42. The molecule has 2 aromatic heterocycles. The predicted molar refractivity (Wildman–Crippen MR) is 158 cm³/mol. The van der Waals surface area contributed by atoms with Crippen LogP contribution in [0.4, 0.5) is 11.6 Å². The maximum absolute atomic E-state index is 13.2. The van der Waals surface area contributed by atoms with E-state index in [9.17, 15) is 9.59 Å². The summed E-state index contributed by atoms with van der Waals surface area (Å²) in [7, 11) is 1.74. The number of carbonyl (C=O) groups excluding carboxylic acids is 1. The highest BCUT2D eigenvalue weighted by molar-refractivity contribution is 7.26. The zero-order chi connectivity index (χ0) is 26.1. The molecule has 0 unspecified atom stereocenters. The lowest BCUT2D eigenvalue weighted by Gasteiger charge is -2.22. The van der Waals surface area contributed by atoms with Gasteiger partial charge in [0.05, 0.1) is 5.39 Å². The zero-order valence-electron chi connectivity index (χ0n) is 21.2. The second-order valence-corrected chi connectivity index (χ2v) is 10.5. The minimum absolute atomic E-state index is 0.0320. The Morgan fingerprint density at radius 3 is 2.32 bits per heavy atom. The molecule has 0 atom stereocenters. The molecule has 0 aliphatic heterocycles. The molecule has 0 bridgehead atoms. The van der Waals surface area contributed by atoms with Gasteiger partial charge in [-0.3, -0.25) is 9.59 Å². The van der Waals surface area contributed by atoms with Crippen molar-refractivity contribution in [3.63, 3.8) is 0 Å². The van der Waals surface area contributed by atoms with Crippen molar-refractivity contribution < 1.29 is 9.21 Å². The molecule has 0 saturated carbocycles. The fraction of sp³-hybridized carbons (Fsp3) is 0.267. The van der Waals surface area contributed by atoms with E-state index in [0.717, 1.165) is 62.9 Å². The summed E-state index contributed by atoms with van der Waals surface area (Å²) in [4.78, 5) is 29.0. The van der Waals surface area contributed by atoms with Crippen LogP contribution in [0.15, 0.2) is 69.9 Å². The monoisotopic (exact) mass is 532 g/mol. The molecule has 0 aliphatic rings. The Bertz CT molecular complexity index is 1670. The highest BCUT2D eigenvalue weighted by Gasteiger charge is 2.18. The Labute approximate surface area is 224 Å². The van der Waals surface area contributed by atoms with E-state index in [-0.39, 0.29) is 17.2 Å². The van der Waals surface area contributed by atoms with Crippen molar-refractivity contribution in [2.45, 2.75) is 26.7 Å². The van der Waals surface area contributed by atoms with Crippen molar-refractivity contribution in [3.05, 3.63) is 70.9 Å². The number of carbonyl (C=O) groups is 1. The van der Waals surface area contributed by atoms with Gasteiger partial charge in [-0.15, -0.1) is 22.9 Å². The van der Waals surface area contributed by atoms with Crippen molar-refractivity contribution in [1.82, 2.24) is 0 Å². The first-order valence-corrected chi connectivity index (χ1v) is 13.9. The molecular weight excluding hydrogens is 504 g/mol. The summed E-state index contributed by atoms with van der Waals surface area (Å²) < 4.78 is 8.72. The Hall–Kier alpha value is -3.35. The normalized spacial score (nSPS) is 11.5. The molecule has 37 heavy (non-hydrogen) atoms. The molecular formula is C30H29ClN2O3S. The van der Waals surface area contributed by atoms with E-state index in [1.54, 1.807) is 29.4 Å². The van der Waals surface area contributed by atoms with Crippen LogP contribution < -0.4 is 15.2 Å². The number of amides is 1. The molecule has 5 rings (SSSR count). The number of benzene rings is 3. The molecule has 1 amide bonds. The summed E-state index contributed by atoms with van der Waals surface area (Å²) in [6.07, 6.45) is 1.94. The van der Waals surface area contributed by atoms with Gasteiger partial charge in [0.25, 0.3) is 0 Å². The van der Waals surface area contributed by atoms with Crippen molar-refractivity contribution in [2.75, 3.05) is 35.8 Å². The van der Waals surface area contributed by atoms with Gasteiger partial charge in [0.1, 0.15) is 11.5 Å². The second-order valence-electron chi connectivity index (χ2n) is 9.17. The average molecular weight is 533 g/mol. The maximum Gasteiger partial charge on any atom is 0.241 e. The fourth-order valence-corrected chi connectivity index (χ4v) is 6.24. The van der Waals surface area contributed by atoms with Crippen LogP contribution in [0, 0.1) is 0 Å². The lowest BCUT2D eigenvalue weighted by molar-refractivity contribution is -0.116. The average Bonchev–Trinajstić information content (AvgIpc) is 3.30. The van der Waals surface area contributed by atoms with Gasteiger partial charge in [-0.05, 0) is 37.1 Å². The maximum atomic E-state index is 13.2. The van der Waals surface area contributed by atoms with Gasteiger partial charge in [0.2, 0.25) is 5.91 Å². The summed E-state index contributed by atoms with van der Waals surface area (Å²) in [5, 5.41) is 2.75. The third-order valence-corrected chi connectivity index (χ3v) is 8.14. The zero-order valence-corrected chi connectivity index (χ0v) is 22.8. The number of nitrogens with zero attached hydrogens (tertiary/aromatic N) is 2. The Kier molecular flexibility index (Phi) is 7.22. The third kappa shape index (κ3) is 4.60. The minimum atomic E-state index is -0.150. The number of rotatable bonds is 8. The van der Waals surface area contributed by atoms with Crippen LogP contribution in [0.5, 0.6) is 0 Å². The van der Waals surface area contributed by atoms with E-state index in [4.69, 9.17) is 16.0 Å². The topological polar surface area (TPSA) is 53.8 Å². The van der Waals surface area contributed by atoms with Crippen LogP contribution in [0.25, 0.3) is 42.3 Å². The van der Waals surface area contributed by atoms with Gasteiger partial charge in [-0.2, -0.15) is 0 Å². The lowest BCUT2D eigenvalue weighted by atomic mass is 10.0. The molecule has 0 radical (unpaired) electrons. The third-order valence-electron chi connectivity index (χ3n) is 6.69. The predicted octanol–water partition coefficient (Wildman–Crippen LogP) is 7.66. The van der Waals surface area contributed by atoms with E-state index < -0.39 is 0 Å². The number of halogens is 1. The summed E-state index contributed by atoms with van der Waals surface area (Å²) in [5.41, 5.74) is 3.30. The van der Waals surface area contributed by atoms with Crippen LogP contribution in [-0.4, -0.2) is 31.9 Å². The molecule has 3 aromatic carbocycles. The molecule has 0 N–H and O–H groups in total. The Balaban J connectivity index is 1.72. The van der Waals surface area contributed by atoms with Crippen LogP contribution in [-0.2, 0) is 4.79 Å². The highest BCUT2D eigenvalue weighted by atomic mass is 35.5. The molecule has 0 fully saturated rings. The SMILES string of the molecule is CCCN(CCC)c1cc(=O)c2cccc(-c3cccc4c3sc3ccc(N(C)C(=O)CCl)cc34)c2o1. The van der Waals surface area contributed by atoms with Crippen molar-refractivity contribution >= 4 is 71.6 Å². The van der Waals surface area contributed by atoms with Crippen LogP contribution in [0.3, 0.4) is 0 Å². The number of thiophene rings is 1. The summed E-state index contributed by atoms with van der Waals surface area (Å²) in [6.45, 7) is 5.92. The summed E-state index contributed by atoms with van der Waals surface area (Å²) in [5.74, 6) is 0.405. The van der Waals surface area contributed by atoms with Crippen molar-refractivity contribution in [1.29, 1.82) is 0 Å². The summed E-state index contributed by atoms with van der Waals surface area (Å²) >= 11 is 7.48. The van der Waals surface area contributed by atoms with Crippen LogP contribution in [0.2, 0.25) is 0 Å². The van der Waals surface area contributed by atoms with E-state index >= 15 is 0 Å². The van der Waals surface area contributed by atoms with Gasteiger partial charge in [-0.25, -0.2) is 0 Å². The van der Waals surface area contributed by atoms with E-state index in [1.165, 1.54) is 0 Å². The van der Waals surface area contributed by atoms with E-state index in [1.807, 2.05) is 42.5 Å². The quantitative estimate of drug-likeness (QED) is 0.192. The van der Waals surface area contributed by atoms with Crippen molar-refractivity contribution in [2.24, 2.45) is 0 Å². The Morgan fingerprint density at radius 1 is 0.919 bits per heavy atom. The number of alkyl halides is 1. The first kappa shape index (κ1) is 25.3. The molecule has 5 nitrogen and oxygen atoms in total. The van der Waals surface area contributed by atoms with Gasteiger partial charge in [0.15, 0.2) is 11.3 Å². The first-order chi connectivity index (χ1) is 18.0. The van der Waals surface area contributed by atoms with Gasteiger partial charge >= 0.3 is 0 Å². The molecule has 0 aliphatic carbocycles. The standard InChI is InChI=1S/C30H29ClN2O3S/c1-4-14-33(15-5-2)28-17-25(34)23-11-6-8-20(29(23)36-28)21-9-7-10-22-24-16-19(32(3)27(35)18-31)12-13-26(24)37-30(21)22/h6-13,16-17H,4-5,14-15,18H2,1-3H3. The van der Waals surface area contributed by atoms with Gasteiger partial charge < -0.3 is 14.2 Å². The van der Waals surface area contributed by atoms with E-state index in [0.29, 0.717) is 16.9 Å². The number of anilines is 2. The first-order valence-electron chi connectivity index (χ1n) is 12.6. The minimum Gasteiger partial charge on any atom is -0.440 e. The van der Waals surface area contributed by atoms with Gasteiger partial charge in [0, 0.05) is 63.2 Å². The van der Waals surface area contributed by atoms with Crippen molar-refractivity contribution in [3.8, 4) is 11.1 Å².